The standard InChI is InChI=1S/C26H25Cl3FN3O4S/c1-31-26(35)24(13-17-6-4-3-5-7-17)32(15-18-8-10-20(27)21(28)12-18)25(34)16-33(38(2,36)37)19-9-11-23(30)22(29)14-19/h3-12,14,24H,13,15-16H2,1-2H3,(H,31,35). The summed E-state index contributed by atoms with van der Waals surface area (Å²) in [6.07, 6.45) is 1.08. The summed E-state index contributed by atoms with van der Waals surface area (Å²) in [7, 11) is -2.56. The average molecular weight is 601 g/mol. The number of benzene rings is 3. The highest BCUT2D eigenvalue weighted by molar-refractivity contribution is 7.92. The van der Waals surface area contributed by atoms with Crippen LogP contribution in [0.15, 0.2) is 66.7 Å². The van der Waals surface area contributed by atoms with E-state index in [1.165, 1.54) is 18.0 Å². The van der Waals surface area contributed by atoms with E-state index in [0.29, 0.717) is 10.6 Å². The Balaban J connectivity index is 2.05. The second-order valence-corrected chi connectivity index (χ2v) is 11.6. The van der Waals surface area contributed by atoms with Gasteiger partial charge in [-0.05, 0) is 41.5 Å². The van der Waals surface area contributed by atoms with Gasteiger partial charge in [0.25, 0.3) is 0 Å². The van der Waals surface area contributed by atoms with Gasteiger partial charge in [0.05, 0.1) is 27.0 Å². The molecule has 3 aromatic rings. The van der Waals surface area contributed by atoms with Crippen molar-refractivity contribution >= 4 is 62.3 Å². The number of nitrogens with one attached hydrogen (secondary N) is 1. The molecule has 0 heterocycles. The number of nitrogens with zero attached hydrogens (tertiary/aromatic N) is 2. The molecule has 38 heavy (non-hydrogen) atoms. The molecule has 2 amide bonds. The minimum Gasteiger partial charge on any atom is -0.357 e. The largest absolute Gasteiger partial charge is 0.357 e. The third kappa shape index (κ3) is 7.60. The molecule has 0 aliphatic heterocycles. The van der Waals surface area contributed by atoms with E-state index in [-0.39, 0.29) is 28.7 Å². The Bertz CT molecular complexity index is 1420. The monoisotopic (exact) mass is 599 g/mol. The molecule has 1 atom stereocenters. The Morgan fingerprint density at radius 3 is 2.18 bits per heavy atom. The van der Waals surface area contributed by atoms with Crippen molar-refractivity contribution in [1.29, 1.82) is 0 Å². The van der Waals surface area contributed by atoms with Crippen LogP contribution in [0.4, 0.5) is 10.1 Å². The molecule has 0 spiro atoms. The van der Waals surface area contributed by atoms with Gasteiger partial charge in [-0.3, -0.25) is 13.9 Å². The first-order chi connectivity index (χ1) is 17.9. The van der Waals surface area contributed by atoms with Gasteiger partial charge in [-0.15, -0.1) is 0 Å². The number of anilines is 1. The Morgan fingerprint density at radius 2 is 1.61 bits per heavy atom. The normalized spacial score (nSPS) is 12.1. The summed E-state index contributed by atoms with van der Waals surface area (Å²) in [5, 5.41) is 2.86. The predicted molar refractivity (Wildman–Crippen MR) is 149 cm³/mol. The molecule has 0 radical (unpaired) electrons. The number of amides is 2. The molecule has 0 aliphatic carbocycles. The molecule has 1 unspecified atom stereocenters. The van der Waals surface area contributed by atoms with E-state index in [4.69, 9.17) is 34.8 Å². The van der Waals surface area contributed by atoms with E-state index in [9.17, 15) is 22.4 Å². The molecular formula is C26H25Cl3FN3O4S. The van der Waals surface area contributed by atoms with Crippen molar-refractivity contribution in [2.24, 2.45) is 0 Å². The molecular weight excluding hydrogens is 576 g/mol. The summed E-state index contributed by atoms with van der Waals surface area (Å²) < 4.78 is 39.9. The number of halogens is 4. The van der Waals surface area contributed by atoms with Crippen molar-refractivity contribution in [3.8, 4) is 0 Å². The topological polar surface area (TPSA) is 86.8 Å². The summed E-state index contributed by atoms with van der Waals surface area (Å²) in [6.45, 7) is -0.729. The fourth-order valence-electron chi connectivity index (χ4n) is 3.81. The summed E-state index contributed by atoms with van der Waals surface area (Å²) in [4.78, 5) is 28.2. The summed E-state index contributed by atoms with van der Waals surface area (Å²) in [5.41, 5.74) is 1.37. The average Bonchev–Trinajstić information content (AvgIpc) is 2.87. The second-order valence-electron chi connectivity index (χ2n) is 8.46. The number of sulfonamides is 1. The molecule has 0 saturated carbocycles. The molecule has 0 saturated heterocycles. The maximum absolute atomic E-state index is 13.8. The highest BCUT2D eigenvalue weighted by atomic mass is 35.5. The molecule has 202 valence electrons. The van der Waals surface area contributed by atoms with Crippen LogP contribution in [0.25, 0.3) is 0 Å². The summed E-state index contributed by atoms with van der Waals surface area (Å²) >= 11 is 18.1. The lowest BCUT2D eigenvalue weighted by atomic mass is 10.0. The van der Waals surface area contributed by atoms with Crippen LogP contribution in [0.2, 0.25) is 15.1 Å². The highest BCUT2D eigenvalue weighted by Gasteiger charge is 2.32. The van der Waals surface area contributed by atoms with Crippen LogP contribution >= 0.6 is 34.8 Å². The Labute approximate surface area is 236 Å². The van der Waals surface area contributed by atoms with Gasteiger partial charge in [-0.1, -0.05) is 71.2 Å². The van der Waals surface area contributed by atoms with E-state index in [1.54, 1.807) is 18.2 Å². The van der Waals surface area contributed by atoms with Crippen molar-refractivity contribution < 1.29 is 22.4 Å². The molecule has 0 fully saturated rings. The molecule has 7 nitrogen and oxygen atoms in total. The van der Waals surface area contributed by atoms with Gasteiger partial charge in [0.1, 0.15) is 18.4 Å². The lowest BCUT2D eigenvalue weighted by Crippen LogP contribution is -2.52. The van der Waals surface area contributed by atoms with Gasteiger partial charge in [0.2, 0.25) is 21.8 Å². The molecule has 0 aromatic heterocycles. The lowest BCUT2D eigenvalue weighted by molar-refractivity contribution is -0.139. The molecule has 3 aromatic carbocycles. The number of hydrogen-bond acceptors (Lipinski definition) is 4. The predicted octanol–water partition coefficient (Wildman–Crippen LogP) is 4.94. The van der Waals surface area contributed by atoms with E-state index >= 15 is 0 Å². The van der Waals surface area contributed by atoms with Crippen molar-refractivity contribution in [3.05, 3.63) is 98.7 Å². The molecule has 0 aliphatic rings. The van der Waals surface area contributed by atoms with Crippen LogP contribution in [0.1, 0.15) is 11.1 Å². The maximum atomic E-state index is 13.8. The van der Waals surface area contributed by atoms with Crippen LogP contribution in [0, 0.1) is 5.82 Å². The quantitative estimate of drug-likeness (QED) is 0.357. The summed E-state index contributed by atoms with van der Waals surface area (Å²) in [5.74, 6) is -1.86. The number of carbonyl (C=O) groups excluding carboxylic acids is 2. The first-order valence-corrected chi connectivity index (χ1v) is 14.3. The van der Waals surface area contributed by atoms with E-state index in [2.05, 4.69) is 5.32 Å². The Kier molecular flexibility index (Phi) is 10.0. The highest BCUT2D eigenvalue weighted by Crippen LogP contribution is 2.27. The van der Waals surface area contributed by atoms with Gasteiger partial charge in [-0.25, -0.2) is 12.8 Å². The SMILES string of the molecule is CNC(=O)C(Cc1ccccc1)N(Cc1ccc(Cl)c(Cl)c1)C(=O)CN(c1ccc(F)c(Cl)c1)S(C)(=O)=O. The fraction of sp³-hybridized carbons (Fsp3) is 0.231. The number of rotatable bonds is 10. The smallest absolute Gasteiger partial charge is 0.244 e. The second kappa shape index (κ2) is 12.8. The van der Waals surface area contributed by atoms with Crippen molar-refractivity contribution in [3.63, 3.8) is 0 Å². The van der Waals surface area contributed by atoms with E-state index in [0.717, 1.165) is 28.3 Å². The Morgan fingerprint density at radius 1 is 0.921 bits per heavy atom. The third-order valence-electron chi connectivity index (χ3n) is 5.72. The zero-order valence-corrected chi connectivity index (χ0v) is 23.6. The summed E-state index contributed by atoms with van der Waals surface area (Å²) in [6, 6.07) is 16.2. The van der Waals surface area contributed by atoms with Gasteiger partial charge in [0, 0.05) is 20.0 Å². The first-order valence-electron chi connectivity index (χ1n) is 11.3. The van der Waals surface area contributed by atoms with Crippen LogP contribution in [0.5, 0.6) is 0 Å². The van der Waals surface area contributed by atoms with E-state index < -0.39 is 40.2 Å². The number of likely N-dealkylation sites (N-methyl/N-ethyl adjacent to an activating group) is 1. The molecule has 3 rings (SSSR count). The number of hydrogen-bond donors (Lipinski definition) is 1. The Hall–Kier alpha value is -2.85. The van der Waals surface area contributed by atoms with Crippen LogP contribution in [-0.2, 0) is 32.6 Å². The molecule has 12 heteroatoms. The van der Waals surface area contributed by atoms with Crippen molar-refractivity contribution in [2.45, 2.75) is 19.0 Å². The third-order valence-corrected chi connectivity index (χ3v) is 7.89. The lowest BCUT2D eigenvalue weighted by Gasteiger charge is -2.33. The zero-order chi connectivity index (χ0) is 28.0. The van der Waals surface area contributed by atoms with Gasteiger partial charge in [0.15, 0.2) is 0 Å². The van der Waals surface area contributed by atoms with Crippen molar-refractivity contribution in [1.82, 2.24) is 10.2 Å². The fourth-order valence-corrected chi connectivity index (χ4v) is 5.15. The minimum absolute atomic E-state index is 0.00119. The zero-order valence-electron chi connectivity index (χ0n) is 20.5. The molecule has 0 bridgehead atoms. The number of carbonyl (C=O) groups is 2. The van der Waals surface area contributed by atoms with Gasteiger partial charge in [-0.2, -0.15) is 0 Å². The van der Waals surface area contributed by atoms with E-state index in [1.807, 2.05) is 30.3 Å². The first kappa shape index (κ1) is 29.7. The van der Waals surface area contributed by atoms with Crippen LogP contribution in [-0.4, -0.2) is 51.0 Å². The van der Waals surface area contributed by atoms with Crippen LogP contribution < -0.4 is 9.62 Å². The van der Waals surface area contributed by atoms with Crippen LogP contribution in [0.3, 0.4) is 0 Å². The molecule has 1 N–H and O–H groups in total. The van der Waals surface area contributed by atoms with Crippen molar-refractivity contribution in [2.75, 3.05) is 24.2 Å². The maximum Gasteiger partial charge on any atom is 0.244 e. The van der Waals surface area contributed by atoms with Gasteiger partial charge < -0.3 is 10.2 Å². The van der Waals surface area contributed by atoms with Gasteiger partial charge >= 0.3 is 0 Å². The minimum atomic E-state index is -4.01.